The first-order valence-corrected chi connectivity index (χ1v) is 10.2. The number of hydrogen-bond donors (Lipinski definition) is 1. The molecule has 8 nitrogen and oxygen atoms in total. The van der Waals surface area contributed by atoms with E-state index in [0.717, 1.165) is 55.0 Å². The molecule has 0 atom stereocenters. The number of anilines is 1. The van der Waals surface area contributed by atoms with Crippen LogP contribution in [0.25, 0.3) is 0 Å². The summed E-state index contributed by atoms with van der Waals surface area (Å²) in [6.07, 6.45) is 0.708. The van der Waals surface area contributed by atoms with Crippen LogP contribution in [0, 0.1) is 0 Å². The highest BCUT2D eigenvalue weighted by molar-refractivity contribution is 7.09. The van der Waals surface area contributed by atoms with Gasteiger partial charge in [0.15, 0.2) is 0 Å². The van der Waals surface area contributed by atoms with E-state index in [1.807, 2.05) is 18.2 Å². The topological polar surface area (TPSA) is 73.8 Å². The fourth-order valence-electron chi connectivity index (χ4n) is 3.05. The molecule has 1 aromatic carbocycles. The molecule has 2 aromatic rings. The summed E-state index contributed by atoms with van der Waals surface area (Å²) in [5, 5.41) is 3.89. The third-order valence-corrected chi connectivity index (χ3v) is 5.52. The lowest BCUT2D eigenvalue weighted by atomic mass is 10.1. The van der Waals surface area contributed by atoms with Crippen LogP contribution in [0.2, 0.25) is 0 Å². The summed E-state index contributed by atoms with van der Waals surface area (Å²) in [5.41, 5.74) is 1.15. The predicted octanol–water partition coefficient (Wildman–Crippen LogP) is 1.53. The minimum atomic E-state index is -0.0453. The molecule has 3 rings (SSSR count). The van der Waals surface area contributed by atoms with Gasteiger partial charge in [0.25, 0.3) is 0 Å². The number of nitrogens with zero attached hydrogens (tertiary/aromatic N) is 5. The summed E-state index contributed by atoms with van der Waals surface area (Å²) in [6.45, 7) is 5.31. The largest absolute Gasteiger partial charge is 0.497 e. The molecule has 1 aromatic heterocycles. The number of aromatic nitrogens is 2. The highest BCUT2D eigenvalue weighted by atomic mass is 32.1. The van der Waals surface area contributed by atoms with Gasteiger partial charge in [-0.15, -0.1) is 0 Å². The Morgan fingerprint density at radius 2 is 2.07 bits per heavy atom. The first-order valence-electron chi connectivity index (χ1n) is 9.43. The molecule has 2 heterocycles. The standard InChI is InChI=1S/C19H28N6O2S/c1-23(2)18(26)20-7-8-24-9-11-25(12-10-24)19-21-17(22-28-19)14-15-5-4-6-16(13-15)27-3/h4-6,13H,7-12,14H2,1-3H3,(H,20,26). The van der Waals surface area contributed by atoms with Crippen molar-refractivity contribution in [3.05, 3.63) is 35.7 Å². The van der Waals surface area contributed by atoms with Gasteiger partial charge in [-0.05, 0) is 17.7 Å². The molecule has 1 aliphatic heterocycles. The van der Waals surface area contributed by atoms with Crippen molar-refractivity contribution < 1.29 is 9.53 Å². The predicted molar refractivity (Wildman–Crippen MR) is 111 cm³/mol. The van der Waals surface area contributed by atoms with Crippen molar-refractivity contribution in [2.45, 2.75) is 6.42 Å². The third-order valence-electron chi connectivity index (χ3n) is 4.71. The number of piperazine rings is 1. The number of benzene rings is 1. The summed E-state index contributed by atoms with van der Waals surface area (Å²) in [6, 6.07) is 7.97. The van der Waals surface area contributed by atoms with Crippen LogP contribution in [0.1, 0.15) is 11.4 Å². The minimum Gasteiger partial charge on any atom is -0.497 e. The highest BCUT2D eigenvalue weighted by Gasteiger charge is 2.20. The molecule has 152 valence electrons. The first-order chi connectivity index (χ1) is 13.5. The van der Waals surface area contributed by atoms with E-state index < -0.39 is 0 Å². The van der Waals surface area contributed by atoms with Gasteiger partial charge in [0.05, 0.1) is 7.11 Å². The molecule has 0 unspecified atom stereocenters. The van der Waals surface area contributed by atoms with Crippen molar-refractivity contribution in [1.82, 2.24) is 24.5 Å². The number of amides is 2. The maximum absolute atomic E-state index is 11.6. The Hall–Kier alpha value is -2.39. The van der Waals surface area contributed by atoms with E-state index in [9.17, 15) is 4.79 Å². The van der Waals surface area contributed by atoms with E-state index in [2.05, 4.69) is 25.6 Å². The van der Waals surface area contributed by atoms with Gasteiger partial charge in [-0.1, -0.05) is 12.1 Å². The van der Waals surface area contributed by atoms with Gasteiger partial charge in [0, 0.05) is 71.3 Å². The van der Waals surface area contributed by atoms with Crippen molar-refractivity contribution in [2.24, 2.45) is 0 Å². The van der Waals surface area contributed by atoms with Gasteiger partial charge < -0.3 is 19.9 Å². The van der Waals surface area contributed by atoms with Crippen LogP contribution in [-0.4, -0.2) is 85.7 Å². The van der Waals surface area contributed by atoms with Crippen LogP contribution in [0.3, 0.4) is 0 Å². The first kappa shape index (κ1) is 20.3. The summed E-state index contributed by atoms with van der Waals surface area (Å²) in [5.74, 6) is 1.70. The van der Waals surface area contributed by atoms with Crippen LogP contribution in [0.4, 0.5) is 9.93 Å². The second-order valence-electron chi connectivity index (χ2n) is 6.98. The molecule has 1 N–H and O–H groups in total. The number of urea groups is 1. The molecule has 1 aliphatic rings. The Labute approximate surface area is 170 Å². The number of methoxy groups -OCH3 is 1. The van der Waals surface area contributed by atoms with Gasteiger partial charge in [-0.2, -0.15) is 4.37 Å². The smallest absolute Gasteiger partial charge is 0.316 e. The van der Waals surface area contributed by atoms with E-state index >= 15 is 0 Å². The van der Waals surface area contributed by atoms with Crippen LogP contribution >= 0.6 is 11.5 Å². The van der Waals surface area contributed by atoms with Gasteiger partial charge >= 0.3 is 6.03 Å². The Bertz CT molecular complexity index is 773. The number of ether oxygens (including phenoxy) is 1. The molecular weight excluding hydrogens is 376 g/mol. The molecule has 9 heteroatoms. The van der Waals surface area contributed by atoms with Crippen molar-refractivity contribution in [2.75, 3.05) is 65.4 Å². The summed E-state index contributed by atoms with van der Waals surface area (Å²) < 4.78 is 9.81. The van der Waals surface area contributed by atoms with Crippen LogP contribution in [0.15, 0.2) is 24.3 Å². The Morgan fingerprint density at radius 1 is 1.29 bits per heavy atom. The molecule has 2 amide bonds. The van der Waals surface area contributed by atoms with E-state index in [0.29, 0.717) is 13.0 Å². The van der Waals surface area contributed by atoms with Crippen molar-refractivity contribution in [3.8, 4) is 5.75 Å². The van der Waals surface area contributed by atoms with Crippen molar-refractivity contribution in [1.29, 1.82) is 0 Å². The van der Waals surface area contributed by atoms with Gasteiger partial charge in [-0.25, -0.2) is 9.78 Å². The maximum atomic E-state index is 11.6. The molecule has 0 radical (unpaired) electrons. The van der Waals surface area contributed by atoms with E-state index in [1.165, 1.54) is 11.5 Å². The Balaban J connectivity index is 1.45. The lowest BCUT2D eigenvalue weighted by Gasteiger charge is -2.34. The number of hydrogen-bond acceptors (Lipinski definition) is 7. The molecule has 0 saturated carbocycles. The Morgan fingerprint density at radius 3 is 2.79 bits per heavy atom. The average Bonchev–Trinajstić information content (AvgIpc) is 3.17. The lowest BCUT2D eigenvalue weighted by molar-refractivity contribution is 0.211. The SMILES string of the molecule is COc1cccc(Cc2nsc(N3CCN(CCNC(=O)N(C)C)CC3)n2)c1. The quantitative estimate of drug-likeness (QED) is 0.755. The average molecular weight is 405 g/mol. The van der Waals surface area contributed by atoms with Gasteiger partial charge in [0.2, 0.25) is 5.13 Å². The zero-order valence-electron chi connectivity index (χ0n) is 16.7. The molecule has 0 bridgehead atoms. The zero-order valence-corrected chi connectivity index (χ0v) is 17.5. The zero-order chi connectivity index (χ0) is 19.9. The number of carbonyl (C=O) groups is 1. The fourth-order valence-corrected chi connectivity index (χ4v) is 3.79. The maximum Gasteiger partial charge on any atom is 0.316 e. The molecule has 0 spiro atoms. The van der Waals surface area contributed by atoms with Crippen LogP contribution in [-0.2, 0) is 6.42 Å². The van der Waals surface area contributed by atoms with E-state index in [-0.39, 0.29) is 6.03 Å². The monoisotopic (exact) mass is 404 g/mol. The minimum absolute atomic E-state index is 0.0453. The van der Waals surface area contributed by atoms with E-state index in [1.54, 1.807) is 26.1 Å². The summed E-state index contributed by atoms with van der Waals surface area (Å²) >= 11 is 1.46. The van der Waals surface area contributed by atoms with Crippen molar-refractivity contribution in [3.63, 3.8) is 0 Å². The summed E-state index contributed by atoms with van der Waals surface area (Å²) in [7, 11) is 5.17. The second-order valence-corrected chi connectivity index (χ2v) is 7.71. The second kappa shape index (κ2) is 9.70. The van der Waals surface area contributed by atoms with Crippen molar-refractivity contribution >= 4 is 22.7 Å². The van der Waals surface area contributed by atoms with Gasteiger partial charge in [-0.3, -0.25) is 4.90 Å². The molecule has 1 saturated heterocycles. The highest BCUT2D eigenvalue weighted by Crippen LogP contribution is 2.21. The fraction of sp³-hybridized carbons (Fsp3) is 0.526. The number of rotatable bonds is 7. The third kappa shape index (κ3) is 5.56. The summed E-state index contributed by atoms with van der Waals surface area (Å²) in [4.78, 5) is 22.5. The number of nitrogens with one attached hydrogen (secondary N) is 1. The van der Waals surface area contributed by atoms with E-state index in [4.69, 9.17) is 9.72 Å². The van der Waals surface area contributed by atoms with Crippen LogP contribution in [0.5, 0.6) is 5.75 Å². The van der Waals surface area contributed by atoms with Crippen LogP contribution < -0.4 is 15.0 Å². The Kier molecular flexibility index (Phi) is 7.05. The molecule has 1 fully saturated rings. The normalized spacial score (nSPS) is 14.8. The molecule has 28 heavy (non-hydrogen) atoms. The molecular formula is C19H28N6O2S. The lowest BCUT2D eigenvalue weighted by Crippen LogP contribution is -2.49. The molecule has 0 aliphatic carbocycles. The van der Waals surface area contributed by atoms with Gasteiger partial charge in [0.1, 0.15) is 11.6 Å². The number of carbonyl (C=O) groups excluding carboxylic acids is 1.